The van der Waals surface area contributed by atoms with Crippen molar-refractivity contribution in [1.82, 2.24) is 0 Å². The van der Waals surface area contributed by atoms with Crippen LogP contribution in [0.2, 0.25) is 5.02 Å². The Hall–Kier alpha value is -1.55. The van der Waals surface area contributed by atoms with Gasteiger partial charge in [0, 0.05) is 5.02 Å². The van der Waals surface area contributed by atoms with Gasteiger partial charge in [-0.15, -0.1) is 0 Å². The summed E-state index contributed by atoms with van der Waals surface area (Å²) in [6.45, 7) is 3.86. The van der Waals surface area contributed by atoms with Crippen LogP contribution in [0, 0.1) is 5.92 Å². The van der Waals surface area contributed by atoms with Crippen LogP contribution in [0.4, 0.5) is 0 Å². The maximum absolute atomic E-state index is 11.9. The summed E-state index contributed by atoms with van der Waals surface area (Å²) < 4.78 is 10.0. The molecule has 1 rings (SSSR count). The van der Waals surface area contributed by atoms with Gasteiger partial charge in [0.1, 0.15) is 5.75 Å². The monoisotopic (exact) mass is 284 g/mol. The summed E-state index contributed by atoms with van der Waals surface area (Å²) in [5, 5.41) is 0.568. The highest BCUT2D eigenvalue weighted by molar-refractivity contribution is 6.30. The molecule has 0 bridgehead atoms. The van der Waals surface area contributed by atoms with Gasteiger partial charge in [0.05, 0.1) is 18.9 Å². The van der Waals surface area contributed by atoms with Crippen molar-refractivity contribution in [2.24, 2.45) is 5.92 Å². The van der Waals surface area contributed by atoms with Crippen molar-refractivity contribution in [2.45, 2.75) is 26.7 Å². The third-order valence-corrected chi connectivity index (χ3v) is 2.83. The lowest BCUT2D eigenvalue weighted by Crippen LogP contribution is -2.23. The summed E-state index contributed by atoms with van der Waals surface area (Å²) in [5.41, 5.74) is 0. The van der Waals surface area contributed by atoms with Gasteiger partial charge in [-0.3, -0.25) is 9.59 Å². The Kier molecular flexibility index (Phi) is 6.36. The zero-order valence-corrected chi connectivity index (χ0v) is 11.8. The Labute approximate surface area is 117 Å². The molecule has 0 heterocycles. The van der Waals surface area contributed by atoms with Crippen LogP contribution >= 0.6 is 11.6 Å². The number of carbonyl (C=O) groups is 2. The van der Waals surface area contributed by atoms with Gasteiger partial charge < -0.3 is 9.47 Å². The summed E-state index contributed by atoms with van der Waals surface area (Å²) in [4.78, 5) is 23.3. The molecule has 0 aromatic heterocycles. The highest BCUT2D eigenvalue weighted by atomic mass is 35.5. The summed E-state index contributed by atoms with van der Waals surface area (Å²) in [5.74, 6) is -0.897. The molecule has 19 heavy (non-hydrogen) atoms. The molecule has 104 valence electrons. The molecule has 0 aliphatic heterocycles. The minimum Gasteiger partial charge on any atom is -0.466 e. The molecule has 0 aliphatic carbocycles. The Morgan fingerprint density at radius 2 is 1.84 bits per heavy atom. The molecule has 1 aromatic carbocycles. The lowest BCUT2D eigenvalue weighted by atomic mass is 10.0. The van der Waals surface area contributed by atoms with Gasteiger partial charge in [0.15, 0.2) is 0 Å². The molecule has 0 amide bonds. The minimum atomic E-state index is -0.491. The van der Waals surface area contributed by atoms with Gasteiger partial charge in [0.2, 0.25) is 0 Å². The minimum absolute atomic E-state index is 0.0385. The van der Waals surface area contributed by atoms with Crippen LogP contribution in [0.25, 0.3) is 0 Å². The molecule has 0 spiro atoms. The van der Waals surface area contributed by atoms with Crippen LogP contribution in [-0.2, 0) is 14.3 Å². The van der Waals surface area contributed by atoms with Gasteiger partial charge in [-0.2, -0.15) is 0 Å². The van der Waals surface area contributed by atoms with Crippen LogP contribution in [0.3, 0.4) is 0 Å². The fourth-order valence-electron chi connectivity index (χ4n) is 1.52. The van der Waals surface area contributed by atoms with E-state index in [-0.39, 0.29) is 12.4 Å². The first-order valence-electron chi connectivity index (χ1n) is 6.19. The maximum atomic E-state index is 11.9. The van der Waals surface area contributed by atoms with Gasteiger partial charge in [0.25, 0.3) is 0 Å². The second-order valence-electron chi connectivity index (χ2n) is 3.99. The van der Waals surface area contributed by atoms with E-state index in [0.717, 1.165) is 0 Å². The van der Waals surface area contributed by atoms with E-state index in [1.807, 2.05) is 6.92 Å². The number of carbonyl (C=O) groups excluding carboxylic acids is 2. The van der Waals surface area contributed by atoms with Crippen molar-refractivity contribution in [3.63, 3.8) is 0 Å². The standard InChI is InChI=1S/C14H17ClO4/c1-3-10(9-13(16)18-4-2)14(17)19-12-7-5-11(15)6-8-12/h5-8,10H,3-4,9H2,1-2H3. The van der Waals surface area contributed by atoms with Crippen molar-refractivity contribution >= 4 is 23.5 Å². The second-order valence-corrected chi connectivity index (χ2v) is 4.43. The smallest absolute Gasteiger partial charge is 0.314 e. The fourth-order valence-corrected chi connectivity index (χ4v) is 1.64. The molecular weight excluding hydrogens is 268 g/mol. The van der Waals surface area contributed by atoms with Crippen LogP contribution in [0.5, 0.6) is 5.75 Å². The van der Waals surface area contributed by atoms with Crippen LogP contribution < -0.4 is 4.74 Å². The number of hydrogen-bond acceptors (Lipinski definition) is 4. The number of hydrogen-bond donors (Lipinski definition) is 0. The lowest BCUT2D eigenvalue weighted by molar-refractivity contribution is -0.150. The number of rotatable bonds is 6. The maximum Gasteiger partial charge on any atom is 0.314 e. The summed E-state index contributed by atoms with van der Waals surface area (Å²) in [7, 11) is 0. The zero-order valence-electron chi connectivity index (χ0n) is 11.0. The molecule has 0 saturated carbocycles. The van der Waals surface area contributed by atoms with Crippen LogP contribution in [0.1, 0.15) is 26.7 Å². The average molecular weight is 285 g/mol. The molecule has 0 saturated heterocycles. The van der Waals surface area contributed by atoms with Gasteiger partial charge in [-0.05, 0) is 37.6 Å². The first-order valence-corrected chi connectivity index (χ1v) is 6.57. The predicted molar refractivity (Wildman–Crippen MR) is 72.1 cm³/mol. The van der Waals surface area contributed by atoms with Crippen molar-refractivity contribution in [3.8, 4) is 5.75 Å². The fraction of sp³-hybridized carbons (Fsp3) is 0.429. The molecule has 1 atom stereocenters. The van der Waals surface area contributed by atoms with Crippen LogP contribution in [0.15, 0.2) is 24.3 Å². The van der Waals surface area contributed by atoms with E-state index >= 15 is 0 Å². The van der Waals surface area contributed by atoms with Gasteiger partial charge in [-0.1, -0.05) is 18.5 Å². The second kappa shape index (κ2) is 7.79. The third-order valence-electron chi connectivity index (χ3n) is 2.58. The van der Waals surface area contributed by atoms with E-state index in [9.17, 15) is 9.59 Å². The molecule has 5 heteroatoms. The third kappa shape index (κ3) is 5.30. The Balaban J connectivity index is 2.58. The average Bonchev–Trinajstić information content (AvgIpc) is 2.39. The van der Waals surface area contributed by atoms with E-state index in [4.69, 9.17) is 21.1 Å². The van der Waals surface area contributed by atoms with Gasteiger partial charge >= 0.3 is 11.9 Å². The molecule has 0 N–H and O–H groups in total. The van der Waals surface area contributed by atoms with Crippen molar-refractivity contribution < 1.29 is 19.1 Å². The van der Waals surface area contributed by atoms with E-state index < -0.39 is 11.9 Å². The lowest BCUT2D eigenvalue weighted by Gasteiger charge is -2.13. The summed E-state index contributed by atoms with van der Waals surface area (Å²) in [6.07, 6.45) is 0.558. The molecule has 0 radical (unpaired) electrons. The number of ether oxygens (including phenoxy) is 2. The Morgan fingerprint density at radius 1 is 1.21 bits per heavy atom. The van der Waals surface area contributed by atoms with Crippen molar-refractivity contribution in [1.29, 1.82) is 0 Å². The van der Waals surface area contributed by atoms with E-state index in [1.165, 1.54) is 0 Å². The topological polar surface area (TPSA) is 52.6 Å². The van der Waals surface area contributed by atoms with Gasteiger partial charge in [-0.25, -0.2) is 0 Å². The first kappa shape index (κ1) is 15.5. The SMILES string of the molecule is CCOC(=O)CC(CC)C(=O)Oc1ccc(Cl)cc1. The highest BCUT2D eigenvalue weighted by Gasteiger charge is 2.22. The molecular formula is C14H17ClO4. The highest BCUT2D eigenvalue weighted by Crippen LogP contribution is 2.19. The summed E-state index contributed by atoms with van der Waals surface area (Å²) in [6, 6.07) is 6.49. The van der Waals surface area contributed by atoms with Crippen molar-refractivity contribution in [3.05, 3.63) is 29.3 Å². The number of benzene rings is 1. The normalized spacial score (nSPS) is 11.7. The van der Waals surface area contributed by atoms with E-state index in [0.29, 0.717) is 23.8 Å². The number of esters is 2. The van der Waals surface area contributed by atoms with Crippen molar-refractivity contribution in [2.75, 3.05) is 6.61 Å². The molecule has 4 nitrogen and oxygen atoms in total. The molecule has 0 aliphatic rings. The first-order chi connectivity index (χ1) is 9.06. The zero-order chi connectivity index (χ0) is 14.3. The largest absolute Gasteiger partial charge is 0.466 e. The van der Waals surface area contributed by atoms with Crippen LogP contribution in [-0.4, -0.2) is 18.5 Å². The Bertz CT molecular complexity index is 428. The molecule has 0 fully saturated rings. The van der Waals surface area contributed by atoms with E-state index in [2.05, 4.69) is 0 Å². The number of halogens is 1. The Morgan fingerprint density at radius 3 is 2.37 bits per heavy atom. The van der Waals surface area contributed by atoms with E-state index in [1.54, 1.807) is 31.2 Å². The molecule has 1 unspecified atom stereocenters. The quantitative estimate of drug-likeness (QED) is 0.594. The molecule has 1 aromatic rings. The summed E-state index contributed by atoms with van der Waals surface area (Å²) >= 11 is 5.74. The predicted octanol–water partition coefficient (Wildman–Crippen LogP) is 3.22.